The Labute approximate surface area is 127 Å². The lowest BCUT2D eigenvalue weighted by molar-refractivity contribution is 0.0734. The molecule has 0 heterocycles. The third kappa shape index (κ3) is 4.45. The third-order valence-electron chi connectivity index (χ3n) is 2.74. The van der Waals surface area contributed by atoms with Crippen LogP contribution < -0.4 is 15.9 Å². The fourth-order valence-electron chi connectivity index (χ4n) is 1.68. The molecule has 112 valence electrons. The van der Waals surface area contributed by atoms with Crippen molar-refractivity contribution < 1.29 is 14.3 Å². The first-order valence-corrected chi connectivity index (χ1v) is 6.52. The summed E-state index contributed by atoms with van der Waals surface area (Å²) in [6.07, 6.45) is 1.40. The van der Waals surface area contributed by atoms with Crippen molar-refractivity contribution in [3.05, 3.63) is 65.2 Å². The Morgan fingerprint density at radius 2 is 1.91 bits per heavy atom. The maximum atomic E-state index is 12.0. The van der Waals surface area contributed by atoms with E-state index in [-0.39, 0.29) is 0 Å². The molecule has 6 heteroatoms. The van der Waals surface area contributed by atoms with E-state index in [0.717, 1.165) is 5.56 Å². The highest BCUT2D eigenvalue weighted by atomic mass is 16.5. The number of hydrogen-bond donors (Lipinski definition) is 2. The summed E-state index contributed by atoms with van der Waals surface area (Å²) in [7, 11) is 0. The molecule has 0 unspecified atom stereocenters. The SMILES string of the molecule is Cc1ccc(C(=O)Oc2cccc(C=NNC(N)=O)c2)cc1. The van der Waals surface area contributed by atoms with Gasteiger partial charge in [0, 0.05) is 0 Å². The first-order valence-electron chi connectivity index (χ1n) is 6.52. The summed E-state index contributed by atoms with van der Waals surface area (Å²) < 4.78 is 5.30. The summed E-state index contributed by atoms with van der Waals surface area (Å²) in [6, 6.07) is 13.1. The van der Waals surface area contributed by atoms with Gasteiger partial charge in [-0.15, -0.1) is 0 Å². The van der Waals surface area contributed by atoms with Crippen LogP contribution in [0.3, 0.4) is 0 Å². The van der Waals surface area contributed by atoms with Crippen LogP contribution in [0.1, 0.15) is 21.5 Å². The molecule has 0 fully saturated rings. The molecule has 0 radical (unpaired) electrons. The number of hydrogen-bond acceptors (Lipinski definition) is 4. The van der Waals surface area contributed by atoms with Gasteiger partial charge < -0.3 is 10.5 Å². The van der Waals surface area contributed by atoms with Gasteiger partial charge in [-0.1, -0.05) is 29.8 Å². The Balaban J connectivity index is 2.06. The Morgan fingerprint density at radius 3 is 2.59 bits per heavy atom. The molecule has 0 bridgehead atoms. The molecule has 0 atom stereocenters. The molecule has 0 spiro atoms. The van der Waals surface area contributed by atoms with Crippen molar-refractivity contribution in [1.29, 1.82) is 0 Å². The van der Waals surface area contributed by atoms with Gasteiger partial charge in [0.2, 0.25) is 0 Å². The number of primary amides is 1. The summed E-state index contributed by atoms with van der Waals surface area (Å²) >= 11 is 0. The average molecular weight is 297 g/mol. The predicted molar refractivity (Wildman–Crippen MR) is 82.9 cm³/mol. The van der Waals surface area contributed by atoms with Gasteiger partial charge in [-0.05, 0) is 36.8 Å². The van der Waals surface area contributed by atoms with Crippen molar-refractivity contribution in [3.8, 4) is 5.75 Å². The van der Waals surface area contributed by atoms with Crippen LogP contribution in [-0.2, 0) is 0 Å². The highest BCUT2D eigenvalue weighted by Gasteiger charge is 2.08. The largest absolute Gasteiger partial charge is 0.423 e. The second kappa shape index (κ2) is 7.03. The van der Waals surface area contributed by atoms with Crippen molar-refractivity contribution in [2.45, 2.75) is 6.92 Å². The Morgan fingerprint density at radius 1 is 1.18 bits per heavy atom. The van der Waals surface area contributed by atoms with E-state index in [2.05, 4.69) is 10.5 Å². The molecule has 0 aliphatic carbocycles. The zero-order valence-electron chi connectivity index (χ0n) is 11.9. The molecule has 0 aromatic heterocycles. The Kier molecular flexibility index (Phi) is 4.87. The lowest BCUT2D eigenvalue weighted by Gasteiger charge is -2.05. The summed E-state index contributed by atoms with van der Waals surface area (Å²) in [5.41, 5.74) is 9.17. The van der Waals surface area contributed by atoms with Crippen LogP contribution >= 0.6 is 0 Å². The molecule has 0 aliphatic rings. The highest BCUT2D eigenvalue weighted by molar-refractivity contribution is 5.91. The standard InChI is InChI=1S/C16H15N3O3/c1-11-5-7-13(8-6-11)15(20)22-14-4-2-3-12(9-14)10-18-19-16(17)21/h2-10H,1H3,(H3,17,19,21). The van der Waals surface area contributed by atoms with Gasteiger partial charge in [-0.3, -0.25) is 0 Å². The number of carbonyl (C=O) groups is 2. The van der Waals surface area contributed by atoms with Crippen LogP contribution in [0.25, 0.3) is 0 Å². The van der Waals surface area contributed by atoms with Crippen LogP contribution in [0.2, 0.25) is 0 Å². The van der Waals surface area contributed by atoms with Gasteiger partial charge >= 0.3 is 12.0 Å². The van der Waals surface area contributed by atoms with Gasteiger partial charge in [0.15, 0.2) is 0 Å². The molecule has 2 aromatic carbocycles. The molecule has 22 heavy (non-hydrogen) atoms. The number of ether oxygens (including phenoxy) is 1. The van der Waals surface area contributed by atoms with Gasteiger partial charge in [-0.25, -0.2) is 15.0 Å². The van der Waals surface area contributed by atoms with Crippen molar-refractivity contribution in [1.82, 2.24) is 5.43 Å². The van der Waals surface area contributed by atoms with E-state index in [1.165, 1.54) is 6.21 Å². The topological polar surface area (TPSA) is 93.8 Å². The van der Waals surface area contributed by atoms with Crippen molar-refractivity contribution in [2.24, 2.45) is 10.8 Å². The number of rotatable bonds is 4. The van der Waals surface area contributed by atoms with Crippen molar-refractivity contribution in [3.63, 3.8) is 0 Å². The van der Waals surface area contributed by atoms with Gasteiger partial charge in [0.05, 0.1) is 11.8 Å². The number of nitrogens with two attached hydrogens (primary N) is 1. The van der Waals surface area contributed by atoms with Crippen LogP contribution in [0, 0.1) is 6.92 Å². The maximum absolute atomic E-state index is 12.0. The van der Waals surface area contributed by atoms with Gasteiger partial charge in [0.25, 0.3) is 0 Å². The monoisotopic (exact) mass is 297 g/mol. The second-order valence-electron chi connectivity index (χ2n) is 4.56. The summed E-state index contributed by atoms with van der Waals surface area (Å²) in [5, 5.41) is 3.64. The van der Waals surface area contributed by atoms with E-state index < -0.39 is 12.0 Å². The van der Waals surface area contributed by atoms with Gasteiger partial charge in [0.1, 0.15) is 5.75 Å². The lowest BCUT2D eigenvalue weighted by atomic mass is 10.1. The summed E-state index contributed by atoms with van der Waals surface area (Å²) in [4.78, 5) is 22.5. The second-order valence-corrected chi connectivity index (χ2v) is 4.56. The number of urea groups is 1. The van der Waals surface area contributed by atoms with E-state index in [0.29, 0.717) is 16.9 Å². The number of carbonyl (C=O) groups excluding carboxylic acids is 2. The smallest absolute Gasteiger partial charge is 0.343 e. The number of nitrogens with zero attached hydrogens (tertiary/aromatic N) is 1. The molecular weight excluding hydrogens is 282 g/mol. The number of hydrazone groups is 1. The molecule has 0 aliphatic heterocycles. The number of amides is 2. The minimum atomic E-state index is -0.752. The summed E-state index contributed by atoms with van der Waals surface area (Å²) in [5.74, 6) is -0.0575. The zero-order chi connectivity index (χ0) is 15.9. The fourth-order valence-corrected chi connectivity index (χ4v) is 1.68. The molecule has 2 rings (SSSR count). The zero-order valence-corrected chi connectivity index (χ0v) is 11.9. The first kappa shape index (κ1) is 15.2. The third-order valence-corrected chi connectivity index (χ3v) is 2.74. The van der Waals surface area contributed by atoms with Crippen LogP contribution in [0.15, 0.2) is 53.6 Å². The minimum absolute atomic E-state index is 0.383. The molecule has 0 saturated heterocycles. The Hall–Kier alpha value is -3.15. The quantitative estimate of drug-likeness (QED) is 0.392. The lowest BCUT2D eigenvalue weighted by Crippen LogP contribution is -2.24. The number of aryl methyl sites for hydroxylation is 1. The molecule has 3 N–H and O–H groups in total. The van der Waals surface area contributed by atoms with E-state index in [1.807, 2.05) is 19.1 Å². The highest BCUT2D eigenvalue weighted by Crippen LogP contribution is 2.14. The first-order chi connectivity index (χ1) is 10.5. The van der Waals surface area contributed by atoms with E-state index in [4.69, 9.17) is 10.5 Å². The van der Waals surface area contributed by atoms with Gasteiger partial charge in [-0.2, -0.15) is 5.10 Å². The number of benzene rings is 2. The normalized spacial score (nSPS) is 10.4. The number of nitrogens with one attached hydrogen (secondary N) is 1. The van der Waals surface area contributed by atoms with Crippen LogP contribution in [0.5, 0.6) is 5.75 Å². The fraction of sp³-hybridized carbons (Fsp3) is 0.0625. The number of esters is 1. The molecular formula is C16H15N3O3. The molecule has 2 amide bonds. The predicted octanol–water partition coefficient (Wildman–Crippen LogP) is 2.22. The minimum Gasteiger partial charge on any atom is -0.423 e. The maximum Gasteiger partial charge on any atom is 0.343 e. The molecule has 6 nitrogen and oxygen atoms in total. The van der Waals surface area contributed by atoms with E-state index in [9.17, 15) is 9.59 Å². The molecule has 0 saturated carbocycles. The Bertz CT molecular complexity index is 709. The van der Waals surface area contributed by atoms with Crippen molar-refractivity contribution in [2.75, 3.05) is 0 Å². The molecule has 2 aromatic rings. The van der Waals surface area contributed by atoms with E-state index >= 15 is 0 Å². The summed E-state index contributed by atoms with van der Waals surface area (Å²) in [6.45, 7) is 1.94. The van der Waals surface area contributed by atoms with Crippen LogP contribution in [-0.4, -0.2) is 18.2 Å². The van der Waals surface area contributed by atoms with E-state index in [1.54, 1.807) is 36.4 Å². The average Bonchev–Trinajstić information content (AvgIpc) is 2.48. The van der Waals surface area contributed by atoms with Crippen LogP contribution in [0.4, 0.5) is 4.79 Å². The van der Waals surface area contributed by atoms with Crippen molar-refractivity contribution >= 4 is 18.2 Å².